The molecule has 0 saturated carbocycles. The van der Waals surface area contributed by atoms with E-state index in [0.29, 0.717) is 17.8 Å². The van der Waals surface area contributed by atoms with E-state index in [-0.39, 0.29) is 5.56 Å². The fourth-order valence-electron chi connectivity index (χ4n) is 3.37. The van der Waals surface area contributed by atoms with E-state index >= 15 is 0 Å². The molecule has 26 heavy (non-hydrogen) atoms. The van der Waals surface area contributed by atoms with Gasteiger partial charge < -0.3 is 4.90 Å². The van der Waals surface area contributed by atoms with Gasteiger partial charge in [-0.1, -0.05) is 23.4 Å². The lowest BCUT2D eigenvalue weighted by Crippen LogP contribution is -2.47. The average Bonchev–Trinajstić information content (AvgIpc) is 3.10. The minimum atomic E-state index is -0.397. The Balaban J connectivity index is 1.54. The van der Waals surface area contributed by atoms with E-state index in [0.717, 1.165) is 30.7 Å². The zero-order valence-electron chi connectivity index (χ0n) is 14.9. The number of nitrogens with zero attached hydrogens (tertiary/aromatic N) is 7. The van der Waals surface area contributed by atoms with Gasteiger partial charge in [0, 0.05) is 46.0 Å². The molecular formula is C17H21N7O2. The van der Waals surface area contributed by atoms with E-state index < -0.39 is 5.69 Å². The molecule has 9 nitrogen and oxygen atoms in total. The van der Waals surface area contributed by atoms with Crippen LogP contribution in [0.2, 0.25) is 0 Å². The van der Waals surface area contributed by atoms with E-state index in [9.17, 15) is 9.59 Å². The number of rotatable bonds is 3. The summed E-state index contributed by atoms with van der Waals surface area (Å²) in [5.41, 5.74) is 1.14. The second-order valence-corrected chi connectivity index (χ2v) is 6.55. The van der Waals surface area contributed by atoms with Gasteiger partial charge in [-0.25, -0.2) is 9.48 Å². The van der Waals surface area contributed by atoms with E-state index in [1.165, 1.54) is 17.3 Å². The van der Waals surface area contributed by atoms with Crippen LogP contribution in [0, 0.1) is 0 Å². The van der Waals surface area contributed by atoms with Gasteiger partial charge in [0.2, 0.25) is 0 Å². The fourth-order valence-corrected chi connectivity index (χ4v) is 3.37. The quantitative estimate of drug-likeness (QED) is 0.636. The normalized spacial score (nSPS) is 15.7. The van der Waals surface area contributed by atoms with Gasteiger partial charge in [-0.2, -0.15) is 0 Å². The van der Waals surface area contributed by atoms with Crippen molar-refractivity contribution >= 4 is 16.9 Å². The summed E-state index contributed by atoms with van der Waals surface area (Å²) in [6, 6.07) is 10.3. The third-order valence-corrected chi connectivity index (χ3v) is 4.94. The molecule has 4 rings (SSSR count). The first-order valence-corrected chi connectivity index (χ1v) is 8.58. The predicted molar refractivity (Wildman–Crippen MR) is 98.2 cm³/mol. The minimum absolute atomic E-state index is 0.320. The molecule has 1 aliphatic heterocycles. The molecule has 3 heterocycles. The van der Waals surface area contributed by atoms with Crippen LogP contribution >= 0.6 is 0 Å². The molecule has 136 valence electrons. The van der Waals surface area contributed by atoms with Crippen LogP contribution in [0.4, 0.5) is 5.69 Å². The molecule has 0 unspecified atom stereocenters. The highest BCUT2D eigenvalue weighted by molar-refractivity contribution is 5.68. The highest BCUT2D eigenvalue weighted by Crippen LogP contribution is 2.16. The van der Waals surface area contributed by atoms with E-state index in [1.54, 1.807) is 11.7 Å². The van der Waals surface area contributed by atoms with Crippen molar-refractivity contribution in [2.45, 2.75) is 6.67 Å². The number of aryl methyl sites for hydroxylation is 1. The number of para-hydroxylation sites is 1. The molecule has 1 aliphatic rings. The highest BCUT2D eigenvalue weighted by atomic mass is 16.2. The van der Waals surface area contributed by atoms with Gasteiger partial charge in [0.05, 0.1) is 6.67 Å². The number of benzene rings is 1. The van der Waals surface area contributed by atoms with E-state index in [1.807, 2.05) is 18.2 Å². The third-order valence-electron chi connectivity index (χ3n) is 4.94. The zero-order chi connectivity index (χ0) is 18.3. The maximum absolute atomic E-state index is 12.5. The SMILES string of the molecule is Cn1c(=O)c2c(nnn2CN2CCN(c3ccccc3)CC2)n(C)c1=O. The number of fused-ring (bicyclic) bond motifs is 1. The number of hydrogen-bond donors (Lipinski definition) is 0. The topological polar surface area (TPSA) is 81.2 Å². The Morgan fingerprint density at radius 1 is 0.962 bits per heavy atom. The molecule has 0 aliphatic carbocycles. The number of piperazine rings is 1. The minimum Gasteiger partial charge on any atom is -0.369 e. The summed E-state index contributed by atoms with van der Waals surface area (Å²) >= 11 is 0. The summed E-state index contributed by atoms with van der Waals surface area (Å²) in [5, 5.41) is 8.14. The number of aromatic nitrogens is 5. The molecule has 0 amide bonds. The Morgan fingerprint density at radius 2 is 1.65 bits per heavy atom. The second-order valence-electron chi connectivity index (χ2n) is 6.55. The monoisotopic (exact) mass is 355 g/mol. The smallest absolute Gasteiger partial charge is 0.332 e. The van der Waals surface area contributed by atoms with Gasteiger partial charge in [0.1, 0.15) is 0 Å². The molecule has 1 aromatic carbocycles. The molecule has 0 bridgehead atoms. The molecule has 2 aromatic heterocycles. The summed E-state index contributed by atoms with van der Waals surface area (Å²) in [5.74, 6) is 0. The van der Waals surface area contributed by atoms with Crippen LogP contribution in [-0.4, -0.2) is 55.2 Å². The van der Waals surface area contributed by atoms with Crippen molar-refractivity contribution in [3.8, 4) is 0 Å². The first kappa shape index (κ1) is 16.5. The molecule has 0 radical (unpaired) electrons. The molecular weight excluding hydrogens is 334 g/mol. The van der Waals surface area contributed by atoms with Crippen molar-refractivity contribution in [3.05, 3.63) is 51.2 Å². The summed E-state index contributed by atoms with van der Waals surface area (Å²) in [4.78, 5) is 29.1. The Morgan fingerprint density at radius 3 is 2.35 bits per heavy atom. The predicted octanol–water partition coefficient (Wildman–Crippen LogP) is -0.392. The lowest BCUT2D eigenvalue weighted by Gasteiger charge is -2.35. The van der Waals surface area contributed by atoms with Crippen LogP contribution in [0.1, 0.15) is 0 Å². The van der Waals surface area contributed by atoms with Gasteiger partial charge in [-0.05, 0) is 12.1 Å². The zero-order valence-corrected chi connectivity index (χ0v) is 14.9. The summed E-state index contributed by atoms with van der Waals surface area (Å²) in [7, 11) is 3.07. The summed E-state index contributed by atoms with van der Waals surface area (Å²) in [6.07, 6.45) is 0. The molecule has 0 atom stereocenters. The van der Waals surface area contributed by atoms with Crippen molar-refractivity contribution in [1.82, 2.24) is 29.0 Å². The molecule has 3 aromatic rings. The van der Waals surface area contributed by atoms with Gasteiger partial charge in [0.15, 0.2) is 11.2 Å². The van der Waals surface area contributed by atoms with Gasteiger partial charge in [-0.3, -0.25) is 18.8 Å². The summed E-state index contributed by atoms with van der Waals surface area (Å²) in [6.45, 7) is 4.03. The Bertz CT molecular complexity index is 1040. The van der Waals surface area contributed by atoms with Crippen molar-refractivity contribution in [2.75, 3.05) is 31.1 Å². The first-order valence-electron chi connectivity index (χ1n) is 8.58. The summed E-state index contributed by atoms with van der Waals surface area (Å²) < 4.78 is 4.04. The molecule has 1 fully saturated rings. The fraction of sp³-hybridized carbons (Fsp3) is 0.412. The first-order chi connectivity index (χ1) is 12.6. The standard InChI is InChI=1S/C17H21N7O2/c1-20-15-14(16(25)21(2)17(20)26)24(19-18-15)12-22-8-10-23(11-9-22)13-6-4-3-5-7-13/h3-7H,8-12H2,1-2H3. The van der Waals surface area contributed by atoms with Crippen LogP contribution in [-0.2, 0) is 20.8 Å². The van der Waals surface area contributed by atoms with E-state index in [4.69, 9.17) is 0 Å². The molecule has 1 saturated heterocycles. The maximum atomic E-state index is 12.5. The van der Waals surface area contributed by atoms with Gasteiger partial charge >= 0.3 is 5.69 Å². The van der Waals surface area contributed by atoms with Crippen molar-refractivity contribution in [2.24, 2.45) is 14.1 Å². The van der Waals surface area contributed by atoms with Gasteiger partial charge in [-0.15, -0.1) is 5.10 Å². The van der Waals surface area contributed by atoms with Crippen molar-refractivity contribution in [1.29, 1.82) is 0 Å². The molecule has 0 spiro atoms. The Kier molecular flexibility index (Phi) is 4.08. The van der Waals surface area contributed by atoms with Crippen LogP contribution in [0.15, 0.2) is 39.9 Å². The van der Waals surface area contributed by atoms with Crippen molar-refractivity contribution in [3.63, 3.8) is 0 Å². The lowest BCUT2D eigenvalue weighted by atomic mass is 10.2. The lowest BCUT2D eigenvalue weighted by molar-refractivity contribution is 0.197. The van der Waals surface area contributed by atoms with Crippen LogP contribution in [0.3, 0.4) is 0 Å². The molecule has 0 N–H and O–H groups in total. The largest absolute Gasteiger partial charge is 0.369 e. The van der Waals surface area contributed by atoms with Gasteiger partial charge in [0.25, 0.3) is 5.56 Å². The molecule has 9 heteroatoms. The second kappa shape index (κ2) is 6.41. The number of anilines is 1. The Labute approximate surface area is 149 Å². The highest BCUT2D eigenvalue weighted by Gasteiger charge is 2.21. The van der Waals surface area contributed by atoms with Crippen molar-refractivity contribution < 1.29 is 0 Å². The van der Waals surface area contributed by atoms with Crippen LogP contribution < -0.4 is 16.1 Å². The van der Waals surface area contributed by atoms with Crippen LogP contribution in [0.5, 0.6) is 0 Å². The number of hydrogen-bond acceptors (Lipinski definition) is 6. The Hall–Kier alpha value is -2.94. The maximum Gasteiger partial charge on any atom is 0.332 e. The average molecular weight is 355 g/mol. The van der Waals surface area contributed by atoms with Crippen LogP contribution in [0.25, 0.3) is 11.2 Å². The van der Waals surface area contributed by atoms with E-state index in [2.05, 4.69) is 32.2 Å². The third kappa shape index (κ3) is 2.70.